The molecule has 0 radical (unpaired) electrons. The average Bonchev–Trinajstić information content (AvgIpc) is 3.47. The van der Waals surface area contributed by atoms with Gasteiger partial charge in [-0.2, -0.15) is 0 Å². The Bertz CT molecular complexity index is 683. The Hall–Kier alpha value is -1.57. The first-order valence-electron chi connectivity index (χ1n) is 11.9. The smallest absolute Gasteiger partial charge is 0.407 e. The van der Waals surface area contributed by atoms with Gasteiger partial charge >= 0.3 is 18.0 Å². The topological polar surface area (TPSA) is 102 Å². The predicted octanol–water partition coefficient (Wildman–Crippen LogP) is 5.46. The molecule has 4 unspecified atom stereocenters. The molecular formula is C24H45NO6Si. The highest BCUT2D eigenvalue weighted by molar-refractivity contribution is 6.76. The molecule has 2 N–H and O–H groups in total. The molecule has 0 bridgehead atoms. The zero-order valence-corrected chi connectivity index (χ0v) is 22.6. The highest BCUT2D eigenvalue weighted by Gasteiger charge is 2.60. The molecule has 0 saturated heterocycles. The van der Waals surface area contributed by atoms with Crippen molar-refractivity contribution in [2.75, 3.05) is 6.61 Å². The second-order valence-electron chi connectivity index (χ2n) is 11.8. The van der Waals surface area contributed by atoms with Gasteiger partial charge in [-0.1, -0.05) is 46.3 Å². The van der Waals surface area contributed by atoms with Gasteiger partial charge in [-0.05, 0) is 58.4 Å². The zero-order valence-electron chi connectivity index (χ0n) is 21.6. The summed E-state index contributed by atoms with van der Waals surface area (Å²) in [7, 11) is -1.09. The molecule has 0 aromatic rings. The van der Waals surface area contributed by atoms with Crippen molar-refractivity contribution in [3.8, 4) is 0 Å². The normalized spacial score (nSPS) is 28.7. The molecule has 2 aliphatic carbocycles. The Labute approximate surface area is 195 Å². The lowest BCUT2D eigenvalue weighted by atomic mass is 9.98. The fourth-order valence-corrected chi connectivity index (χ4v) is 4.74. The predicted molar refractivity (Wildman–Crippen MR) is 128 cm³/mol. The summed E-state index contributed by atoms with van der Waals surface area (Å²) in [6.07, 6.45) is 3.38. The van der Waals surface area contributed by atoms with Crippen LogP contribution in [0.25, 0.3) is 0 Å². The van der Waals surface area contributed by atoms with E-state index in [2.05, 4.69) is 38.8 Å². The fraction of sp³-hybridized carbons (Fsp3) is 0.875. The van der Waals surface area contributed by atoms with Gasteiger partial charge in [-0.3, -0.25) is 9.59 Å². The SMILES string of the molecule is CCC1CC1(C)NC(=O)OCC[Si](C)(C)C.CCC1CC1(CC(=O)OC(C)(C)C)C(=O)O. The summed E-state index contributed by atoms with van der Waals surface area (Å²) in [5.74, 6) is -0.523. The summed E-state index contributed by atoms with van der Waals surface area (Å²) in [6, 6.07) is 1.04. The third-order valence-electron chi connectivity index (χ3n) is 6.41. The van der Waals surface area contributed by atoms with Crippen LogP contribution >= 0.6 is 0 Å². The monoisotopic (exact) mass is 471 g/mol. The molecule has 0 aliphatic heterocycles. The zero-order chi connectivity index (χ0) is 25.0. The van der Waals surface area contributed by atoms with E-state index in [1.54, 1.807) is 20.8 Å². The van der Waals surface area contributed by atoms with Crippen molar-refractivity contribution in [1.82, 2.24) is 5.32 Å². The van der Waals surface area contributed by atoms with Crippen LogP contribution in [0.4, 0.5) is 4.79 Å². The van der Waals surface area contributed by atoms with Crippen molar-refractivity contribution < 1.29 is 29.0 Å². The van der Waals surface area contributed by atoms with Gasteiger partial charge in [0.2, 0.25) is 0 Å². The largest absolute Gasteiger partial charge is 0.481 e. The number of ether oxygens (including phenoxy) is 2. The number of carboxylic acids is 1. The van der Waals surface area contributed by atoms with E-state index in [0.717, 1.165) is 25.3 Å². The third-order valence-corrected chi connectivity index (χ3v) is 8.11. The van der Waals surface area contributed by atoms with Crippen molar-refractivity contribution in [2.24, 2.45) is 17.3 Å². The van der Waals surface area contributed by atoms with Crippen molar-refractivity contribution in [1.29, 1.82) is 0 Å². The van der Waals surface area contributed by atoms with Crippen LogP contribution in [-0.4, -0.2) is 49.0 Å². The van der Waals surface area contributed by atoms with Gasteiger partial charge in [-0.25, -0.2) is 4.79 Å². The van der Waals surface area contributed by atoms with Crippen molar-refractivity contribution in [2.45, 2.75) is 110 Å². The Balaban J connectivity index is 0.000000320. The van der Waals surface area contributed by atoms with Gasteiger partial charge in [-0.15, -0.1) is 0 Å². The molecule has 0 heterocycles. The van der Waals surface area contributed by atoms with Crippen LogP contribution in [0.3, 0.4) is 0 Å². The molecule has 2 rings (SSSR count). The molecule has 8 heteroatoms. The summed E-state index contributed by atoms with van der Waals surface area (Å²) in [5.41, 5.74) is -1.39. The standard InChI is InChI=1S/C12H25NO2Si.C12H20O4/c1-6-10-9-12(10,2)13-11(14)15-7-8-16(3,4)5;1-5-8-6-12(8,10(14)15)7-9(13)16-11(2,3)4/h10H,6-9H2,1-5H3,(H,13,14);8H,5-7H2,1-4H3,(H,14,15). The second kappa shape index (κ2) is 10.6. The molecule has 2 aliphatic rings. The lowest BCUT2D eigenvalue weighted by Crippen LogP contribution is -2.37. The summed E-state index contributed by atoms with van der Waals surface area (Å²) in [6.45, 7) is 19.0. The van der Waals surface area contributed by atoms with E-state index in [0.29, 0.717) is 18.9 Å². The minimum atomic E-state index is -1.09. The molecule has 2 fully saturated rings. The van der Waals surface area contributed by atoms with Crippen molar-refractivity contribution >= 4 is 26.1 Å². The summed E-state index contributed by atoms with van der Waals surface area (Å²) in [4.78, 5) is 34.3. The summed E-state index contributed by atoms with van der Waals surface area (Å²) < 4.78 is 10.4. The quantitative estimate of drug-likeness (QED) is 0.342. The number of nitrogens with one attached hydrogen (secondary N) is 1. The average molecular weight is 472 g/mol. The number of carbonyl (C=O) groups is 3. The number of alkyl carbamates (subject to hydrolysis) is 1. The highest BCUT2D eigenvalue weighted by Crippen LogP contribution is 2.57. The third kappa shape index (κ3) is 9.12. The lowest BCUT2D eigenvalue weighted by Gasteiger charge is -2.21. The van der Waals surface area contributed by atoms with Gasteiger partial charge in [0.1, 0.15) is 5.60 Å². The van der Waals surface area contributed by atoms with E-state index >= 15 is 0 Å². The molecule has 7 nitrogen and oxygen atoms in total. The molecule has 0 aromatic carbocycles. The molecule has 2 saturated carbocycles. The molecule has 0 aromatic heterocycles. The van der Waals surface area contributed by atoms with Crippen LogP contribution in [-0.2, 0) is 19.1 Å². The van der Waals surface area contributed by atoms with Gasteiger partial charge in [0, 0.05) is 13.6 Å². The first-order chi connectivity index (χ1) is 14.5. The van der Waals surface area contributed by atoms with Gasteiger partial charge < -0.3 is 19.9 Å². The number of rotatable bonds is 9. The number of carbonyl (C=O) groups excluding carboxylic acids is 2. The maximum Gasteiger partial charge on any atom is 0.407 e. The molecule has 1 amide bonds. The lowest BCUT2D eigenvalue weighted by molar-refractivity contribution is -0.161. The van der Waals surface area contributed by atoms with Gasteiger partial charge in [0.15, 0.2) is 0 Å². The first-order valence-corrected chi connectivity index (χ1v) is 15.6. The second-order valence-corrected chi connectivity index (χ2v) is 17.5. The molecule has 32 heavy (non-hydrogen) atoms. The maximum atomic E-state index is 11.6. The first kappa shape index (κ1) is 28.5. The Morgan fingerprint density at radius 1 is 1.06 bits per heavy atom. The Morgan fingerprint density at radius 2 is 1.62 bits per heavy atom. The minimum absolute atomic E-state index is 0.00188. The van der Waals surface area contributed by atoms with Crippen LogP contribution in [0.2, 0.25) is 25.7 Å². The number of amides is 1. The number of aliphatic carboxylic acids is 1. The number of hydrogen-bond acceptors (Lipinski definition) is 5. The highest BCUT2D eigenvalue weighted by atomic mass is 28.3. The Kier molecular flexibility index (Phi) is 9.40. The summed E-state index contributed by atoms with van der Waals surface area (Å²) >= 11 is 0. The molecule has 4 atom stereocenters. The van der Waals surface area contributed by atoms with Crippen LogP contribution < -0.4 is 5.32 Å². The van der Waals surface area contributed by atoms with Gasteiger partial charge in [0.25, 0.3) is 0 Å². The van der Waals surface area contributed by atoms with Crippen molar-refractivity contribution in [3.05, 3.63) is 0 Å². The fourth-order valence-electron chi connectivity index (χ4n) is 4.03. The maximum absolute atomic E-state index is 11.6. The Morgan fingerprint density at radius 3 is 2.00 bits per heavy atom. The van der Waals surface area contributed by atoms with E-state index in [4.69, 9.17) is 14.6 Å². The van der Waals surface area contributed by atoms with Crippen LogP contribution in [0, 0.1) is 17.3 Å². The summed E-state index contributed by atoms with van der Waals surface area (Å²) in [5, 5.41) is 12.1. The van der Waals surface area contributed by atoms with Gasteiger partial charge in [0.05, 0.1) is 18.4 Å². The molecule has 0 spiro atoms. The molecule has 186 valence electrons. The number of carboxylic acid groups (broad SMARTS) is 1. The van der Waals surface area contributed by atoms with E-state index in [9.17, 15) is 14.4 Å². The van der Waals surface area contributed by atoms with E-state index in [1.165, 1.54) is 0 Å². The van der Waals surface area contributed by atoms with Crippen LogP contribution in [0.5, 0.6) is 0 Å². The van der Waals surface area contributed by atoms with E-state index < -0.39 is 31.0 Å². The minimum Gasteiger partial charge on any atom is -0.481 e. The van der Waals surface area contributed by atoms with Crippen LogP contribution in [0.15, 0.2) is 0 Å². The van der Waals surface area contributed by atoms with Crippen LogP contribution in [0.1, 0.15) is 73.6 Å². The van der Waals surface area contributed by atoms with Crippen molar-refractivity contribution in [3.63, 3.8) is 0 Å². The number of esters is 1. The molecular weight excluding hydrogens is 426 g/mol. The van der Waals surface area contributed by atoms with E-state index in [1.807, 2.05) is 6.92 Å². The number of hydrogen-bond donors (Lipinski definition) is 2. The van der Waals surface area contributed by atoms with E-state index in [-0.39, 0.29) is 24.0 Å².